The number of Topliss-reactive ketones (excluding diaryl/α,β-unsaturated/α-hetero) is 1. The maximum absolute atomic E-state index is 12.9. The van der Waals surface area contributed by atoms with Gasteiger partial charge in [-0.15, -0.1) is 0 Å². The topological polar surface area (TPSA) is 84.5 Å². The zero-order valence-corrected chi connectivity index (χ0v) is 16.1. The van der Waals surface area contributed by atoms with Crippen molar-refractivity contribution in [1.29, 1.82) is 0 Å². The lowest BCUT2D eigenvalue weighted by atomic mass is 9.99. The van der Waals surface area contributed by atoms with Crippen LogP contribution in [0.2, 0.25) is 0 Å². The first-order valence-electron chi connectivity index (χ1n) is 8.85. The zero-order valence-electron chi connectivity index (χ0n) is 15.3. The summed E-state index contributed by atoms with van der Waals surface area (Å²) in [6.07, 6.45) is 2.23. The number of aromatic nitrogens is 1. The largest absolute Gasteiger partial charge is 0.467 e. The normalized spacial score (nSPS) is 22.1. The van der Waals surface area contributed by atoms with Crippen molar-refractivity contribution in [2.75, 3.05) is 18.1 Å². The molecule has 142 valence electrons. The molecular formula is C19H21N3O4S. The van der Waals surface area contributed by atoms with Crippen molar-refractivity contribution in [3.8, 4) is 0 Å². The number of urea groups is 1. The van der Waals surface area contributed by atoms with Gasteiger partial charge in [0.2, 0.25) is 0 Å². The Bertz CT molecular complexity index is 910. The minimum absolute atomic E-state index is 0.234. The zero-order chi connectivity index (χ0) is 19.2. The second-order valence-electron chi connectivity index (χ2n) is 7.08. The number of ketones is 1. The van der Waals surface area contributed by atoms with Gasteiger partial charge in [0.25, 0.3) is 5.91 Å². The fraction of sp³-hybridized carbons (Fsp3) is 0.421. The SMILES string of the molecule is Cc1cc(C(=O)CN2C(=O)N[C@]3(CCSC3)C2=O)c(C)n1Cc1ccco1. The van der Waals surface area contributed by atoms with Crippen LogP contribution >= 0.6 is 11.8 Å². The highest BCUT2D eigenvalue weighted by Crippen LogP contribution is 2.33. The van der Waals surface area contributed by atoms with E-state index in [9.17, 15) is 14.4 Å². The number of furan rings is 1. The molecule has 7 nitrogen and oxygen atoms in total. The van der Waals surface area contributed by atoms with Crippen molar-refractivity contribution >= 4 is 29.5 Å². The molecule has 1 spiro atoms. The van der Waals surface area contributed by atoms with Gasteiger partial charge in [-0.25, -0.2) is 4.79 Å². The number of nitrogens with one attached hydrogen (secondary N) is 1. The predicted octanol–water partition coefficient (Wildman–Crippen LogP) is 2.36. The van der Waals surface area contributed by atoms with Crippen LogP contribution < -0.4 is 5.32 Å². The molecule has 2 aromatic heterocycles. The lowest BCUT2D eigenvalue weighted by molar-refractivity contribution is -0.130. The van der Waals surface area contributed by atoms with Gasteiger partial charge in [0.15, 0.2) is 5.78 Å². The average Bonchev–Trinajstić information content (AvgIpc) is 3.40. The van der Waals surface area contributed by atoms with Crippen LogP contribution in [0, 0.1) is 13.8 Å². The van der Waals surface area contributed by atoms with E-state index in [1.165, 1.54) is 0 Å². The third-order valence-electron chi connectivity index (χ3n) is 5.34. The third-order valence-corrected chi connectivity index (χ3v) is 6.53. The molecule has 4 rings (SSSR count). The monoisotopic (exact) mass is 387 g/mol. The van der Waals surface area contributed by atoms with Crippen molar-refractivity contribution in [1.82, 2.24) is 14.8 Å². The molecule has 27 heavy (non-hydrogen) atoms. The molecule has 0 aromatic carbocycles. The molecule has 1 atom stereocenters. The molecule has 2 aliphatic rings. The van der Waals surface area contributed by atoms with Crippen molar-refractivity contribution in [3.63, 3.8) is 0 Å². The van der Waals surface area contributed by atoms with Gasteiger partial charge in [-0.2, -0.15) is 11.8 Å². The molecule has 2 saturated heterocycles. The van der Waals surface area contributed by atoms with E-state index in [4.69, 9.17) is 4.42 Å². The van der Waals surface area contributed by atoms with Gasteiger partial charge in [0, 0.05) is 22.7 Å². The maximum Gasteiger partial charge on any atom is 0.325 e. The first kappa shape index (κ1) is 17.9. The summed E-state index contributed by atoms with van der Waals surface area (Å²) < 4.78 is 7.39. The quantitative estimate of drug-likeness (QED) is 0.629. The Morgan fingerprint density at radius 2 is 2.19 bits per heavy atom. The molecule has 0 bridgehead atoms. The van der Waals surface area contributed by atoms with Gasteiger partial charge in [0.1, 0.15) is 11.3 Å². The average molecular weight is 387 g/mol. The van der Waals surface area contributed by atoms with Gasteiger partial charge in [0.05, 0.1) is 19.4 Å². The van der Waals surface area contributed by atoms with Crippen LogP contribution in [-0.4, -0.2) is 50.8 Å². The Morgan fingerprint density at radius 1 is 1.37 bits per heavy atom. The van der Waals surface area contributed by atoms with E-state index in [1.54, 1.807) is 24.1 Å². The van der Waals surface area contributed by atoms with E-state index in [0.29, 0.717) is 24.3 Å². The fourth-order valence-corrected chi connectivity index (χ4v) is 5.09. The second kappa shape index (κ2) is 6.60. The molecule has 3 amide bonds. The molecule has 0 unspecified atom stereocenters. The molecule has 2 fully saturated rings. The van der Waals surface area contributed by atoms with Crippen LogP contribution in [0.25, 0.3) is 0 Å². The van der Waals surface area contributed by atoms with Gasteiger partial charge in [-0.1, -0.05) is 0 Å². The van der Waals surface area contributed by atoms with Gasteiger partial charge in [-0.05, 0) is 44.2 Å². The number of aryl methyl sites for hydroxylation is 1. The number of carbonyl (C=O) groups excluding carboxylic acids is 3. The van der Waals surface area contributed by atoms with Crippen molar-refractivity contribution in [2.45, 2.75) is 32.4 Å². The minimum Gasteiger partial charge on any atom is -0.467 e. The van der Waals surface area contributed by atoms with E-state index in [-0.39, 0.29) is 18.2 Å². The number of hydrogen-bond acceptors (Lipinski definition) is 5. The van der Waals surface area contributed by atoms with Gasteiger partial charge < -0.3 is 14.3 Å². The Balaban J connectivity index is 1.53. The molecule has 2 aliphatic heterocycles. The molecule has 0 aliphatic carbocycles. The first-order chi connectivity index (χ1) is 12.9. The number of imide groups is 1. The van der Waals surface area contributed by atoms with Crippen LogP contribution in [0.15, 0.2) is 28.9 Å². The third kappa shape index (κ3) is 2.97. The second-order valence-corrected chi connectivity index (χ2v) is 8.18. The summed E-state index contributed by atoms with van der Waals surface area (Å²) in [4.78, 5) is 39.0. The van der Waals surface area contributed by atoms with E-state index < -0.39 is 11.6 Å². The highest BCUT2D eigenvalue weighted by molar-refractivity contribution is 7.99. The lowest BCUT2D eigenvalue weighted by Gasteiger charge is -2.19. The number of carbonyl (C=O) groups is 3. The number of nitrogens with zero attached hydrogens (tertiary/aromatic N) is 2. The summed E-state index contributed by atoms with van der Waals surface area (Å²) in [6, 6.07) is 5.04. The maximum atomic E-state index is 12.9. The van der Waals surface area contributed by atoms with Crippen LogP contribution in [0.5, 0.6) is 0 Å². The highest BCUT2D eigenvalue weighted by atomic mass is 32.2. The molecule has 8 heteroatoms. The highest BCUT2D eigenvalue weighted by Gasteiger charge is 2.53. The Labute approximate surface area is 161 Å². The summed E-state index contributed by atoms with van der Waals surface area (Å²) >= 11 is 1.64. The number of hydrogen-bond donors (Lipinski definition) is 1. The van der Waals surface area contributed by atoms with Crippen LogP contribution in [-0.2, 0) is 11.3 Å². The summed E-state index contributed by atoms with van der Waals surface area (Å²) in [5.74, 6) is 1.68. The molecular weight excluding hydrogens is 366 g/mol. The summed E-state index contributed by atoms with van der Waals surface area (Å²) in [7, 11) is 0. The van der Waals surface area contributed by atoms with Crippen LogP contribution in [0.3, 0.4) is 0 Å². The van der Waals surface area contributed by atoms with Crippen LogP contribution in [0.4, 0.5) is 4.79 Å². The molecule has 0 saturated carbocycles. The predicted molar refractivity (Wildman–Crippen MR) is 101 cm³/mol. The summed E-state index contributed by atoms with van der Waals surface area (Å²) in [5, 5.41) is 2.79. The van der Waals surface area contributed by atoms with Crippen molar-refractivity contribution < 1.29 is 18.8 Å². The number of thioether (sulfide) groups is 1. The molecule has 2 aromatic rings. The van der Waals surface area contributed by atoms with Crippen molar-refractivity contribution in [3.05, 3.63) is 47.2 Å². The molecule has 1 N–H and O–H groups in total. The lowest BCUT2D eigenvalue weighted by Crippen LogP contribution is -2.47. The number of rotatable bonds is 5. The fourth-order valence-electron chi connectivity index (χ4n) is 3.77. The van der Waals surface area contributed by atoms with Crippen LogP contribution in [0.1, 0.15) is 33.9 Å². The van der Waals surface area contributed by atoms with E-state index >= 15 is 0 Å². The molecule has 0 radical (unpaired) electrons. The standard InChI is InChI=1S/C19H21N3O4S/c1-12-8-15(13(2)21(12)9-14-4-3-6-26-14)16(23)10-22-17(24)19(20-18(22)25)5-7-27-11-19/h3-4,6,8H,5,7,9-11H2,1-2H3,(H,20,25)/t19-/m0/s1. The Morgan fingerprint density at radius 3 is 2.85 bits per heavy atom. The first-order valence-corrected chi connectivity index (χ1v) is 10.0. The summed E-state index contributed by atoms with van der Waals surface area (Å²) in [5.41, 5.74) is 1.43. The van der Waals surface area contributed by atoms with Gasteiger partial charge in [-0.3, -0.25) is 14.5 Å². The van der Waals surface area contributed by atoms with E-state index in [2.05, 4.69) is 5.32 Å². The Kier molecular flexibility index (Phi) is 4.38. The minimum atomic E-state index is -0.821. The van der Waals surface area contributed by atoms with Crippen molar-refractivity contribution in [2.24, 2.45) is 0 Å². The number of amides is 3. The van der Waals surface area contributed by atoms with E-state index in [0.717, 1.165) is 27.8 Å². The summed E-state index contributed by atoms with van der Waals surface area (Å²) in [6.45, 7) is 4.08. The Hall–Kier alpha value is -2.48. The smallest absolute Gasteiger partial charge is 0.325 e. The van der Waals surface area contributed by atoms with Gasteiger partial charge >= 0.3 is 6.03 Å². The van der Waals surface area contributed by atoms with E-state index in [1.807, 2.05) is 30.5 Å². The molecule has 4 heterocycles.